The van der Waals surface area contributed by atoms with Gasteiger partial charge in [-0.15, -0.1) is 0 Å². The summed E-state index contributed by atoms with van der Waals surface area (Å²) in [7, 11) is 1.93. The Labute approximate surface area is 98.0 Å². The molecule has 0 bridgehead atoms. The predicted octanol–water partition coefficient (Wildman–Crippen LogP) is 2.41. The molecule has 0 radical (unpaired) electrons. The lowest BCUT2D eigenvalue weighted by Gasteiger charge is -2.19. The normalized spacial score (nSPS) is 11.9. The monoisotopic (exact) mass is 219 g/mol. The van der Waals surface area contributed by atoms with Crippen LogP contribution in [0.1, 0.15) is 26.3 Å². The minimum atomic E-state index is 0.220. The van der Waals surface area contributed by atoms with Crippen molar-refractivity contribution < 1.29 is 0 Å². The van der Waals surface area contributed by atoms with Crippen LogP contribution in [-0.4, -0.2) is 19.0 Å². The number of rotatable bonds is 3. The highest BCUT2D eigenvalue weighted by Crippen LogP contribution is 2.14. The van der Waals surface area contributed by atoms with Crippen LogP contribution >= 0.6 is 0 Å². The summed E-state index contributed by atoms with van der Waals surface area (Å²) in [5.41, 5.74) is 8.30. The van der Waals surface area contributed by atoms with Gasteiger partial charge in [0, 0.05) is 18.8 Å². The number of aryl methyl sites for hydroxylation is 1. The quantitative estimate of drug-likeness (QED) is 0.626. The van der Waals surface area contributed by atoms with Crippen molar-refractivity contribution in [2.75, 3.05) is 11.9 Å². The second-order valence-corrected chi connectivity index (χ2v) is 4.16. The van der Waals surface area contributed by atoms with Crippen LogP contribution in [0.2, 0.25) is 0 Å². The summed E-state index contributed by atoms with van der Waals surface area (Å²) in [5, 5.41) is 0. The first kappa shape index (κ1) is 12.6. The molecule has 0 unspecified atom stereocenters. The molecule has 88 valence electrons. The van der Waals surface area contributed by atoms with Crippen molar-refractivity contribution in [3.05, 3.63) is 29.8 Å². The number of benzene rings is 1. The Morgan fingerprint density at radius 2 is 1.88 bits per heavy atom. The third-order valence-corrected chi connectivity index (χ3v) is 2.47. The Morgan fingerprint density at radius 1 is 1.31 bits per heavy atom. The lowest BCUT2D eigenvalue weighted by atomic mass is 10.1. The molecule has 0 amide bonds. The maximum absolute atomic E-state index is 5.90. The average Bonchev–Trinajstić information content (AvgIpc) is 2.27. The van der Waals surface area contributed by atoms with Crippen molar-refractivity contribution in [3.63, 3.8) is 0 Å². The number of hydrogen-bond donors (Lipinski definition) is 1. The molecule has 0 fully saturated rings. The Hall–Kier alpha value is -1.51. The van der Waals surface area contributed by atoms with E-state index in [1.807, 2.05) is 25.8 Å². The first-order chi connectivity index (χ1) is 7.54. The molecule has 1 rings (SSSR count). The Balaban J connectivity index is 2.83. The van der Waals surface area contributed by atoms with Crippen molar-refractivity contribution >= 4 is 11.6 Å². The second-order valence-electron chi connectivity index (χ2n) is 4.16. The van der Waals surface area contributed by atoms with Crippen LogP contribution in [0.4, 0.5) is 5.69 Å². The van der Waals surface area contributed by atoms with Gasteiger partial charge in [-0.3, -0.25) is 4.99 Å². The number of hydrogen-bond acceptors (Lipinski definition) is 1. The fourth-order valence-corrected chi connectivity index (χ4v) is 1.44. The number of nitrogens with zero attached hydrogens (tertiary/aromatic N) is 2. The van der Waals surface area contributed by atoms with E-state index in [1.165, 1.54) is 5.56 Å². The van der Waals surface area contributed by atoms with E-state index < -0.39 is 0 Å². The molecule has 1 aromatic carbocycles. The van der Waals surface area contributed by atoms with Crippen LogP contribution in [0.25, 0.3) is 0 Å². The fourth-order valence-electron chi connectivity index (χ4n) is 1.44. The number of anilines is 1. The van der Waals surface area contributed by atoms with E-state index in [2.05, 4.69) is 36.2 Å². The highest BCUT2D eigenvalue weighted by molar-refractivity contribution is 5.94. The van der Waals surface area contributed by atoms with Gasteiger partial charge in [0.15, 0.2) is 5.96 Å². The molecule has 3 heteroatoms. The zero-order valence-corrected chi connectivity index (χ0v) is 10.6. The Morgan fingerprint density at radius 3 is 2.31 bits per heavy atom. The molecule has 0 spiro atoms. The number of guanidine groups is 1. The first-order valence-electron chi connectivity index (χ1n) is 5.70. The van der Waals surface area contributed by atoms with E-state index >= 15 is 0 Å². The van der Waals surface area contributed by atoms with Crippen LogP contribution in [0.5, 0.6) is 0 Å². The summed E-state index contributed by atoms with van der Waals surface area (Å²) < 4.78 is 0. The van der Waals surface area contributed by atoms with Crippen LogP contribution < -0.4 is 10.6 Å². The minimum Gasteiger partial charge on any atom is -0.370 e. The molecular formula is C13H21N3. The topological polar surface area (TPSA) is 41.6 Å². The average molecular weight is 219 g/mol. The van der Waals surface area contributed by atoms with Gasteiger partial charge in [-0.05, 0) is 38.0 Å². The van der Waals surface area contributed by atoms with Gasteiger partial charge in [0.2, 0.25) is 0 Å². The SMILES string of the molecule is CCc1ccc(N(C)C(N)=NC(C)C)cc1. The third-order valence-electron chi connectivity index (χ3n) is 2.47. The lowest BCUT2D eigenvalue weighted by Crippen LogP contribution is -2.34. The zero-order chi connectivity index (χ0) is 12.1. The number of nitrogens with two attached hydrogens (primary N) is 1. The van der Waals surface area contributed by atoms with Crippen LogP contribution in [0.3, 0.4) is 0 Å². The maximum Gasteiger partial charge on any atom is 0.195 e. The van der Waals surface area contributed by atoms with Gasteiger partial charge in [0.25, 0.3) is 0 Å². The molecule has 0 saturated carbocycles. The first-order valence-corrected chi connectivity index (χ1v) is 5.70. The summed E-state index contributed by atoms with van der Waals surface area (Å²) in [6, 6.07) is 8.60. The van der Waals surface area contributed by atoms with Gasteiger partial charge in [-0.2, -0.15) is 0 Å². The summed E-state index contributed by atoms with van der Waals surface area (Å²) in [6.45, 7) is 6.18. The van der Waals surface area contributed by atoms with Crippen molar-refractivity contribution in [2.45, 2.75) is 33.2 Å². The summed E-state index contributed by atoms with van der Waals surface area (Å²) in [6.07, 6.45) is 1.06. The van der Waals surface area contributed by atoms with Gasteiger partial charge in [-0.25, -0.2) is 0 Å². The molecule has 0 saturated heterocycles. The molecule has 0 aliphatic heterocycles. The molecule has 0 aromatic heterocycles. The molecule has 0 aliphatic carbocycles. The molecule has 3 nitrogen and oxygen atoms in total. The molecule has 0 atom stereocenters. The van der Waals surface area contributed by atoms with Crippen LogP contribution in [-0.2, 0) is 6.42 Å². The van der Waals surface area contributed by atoms with Crippen molar-refractivity contribution in [1.29, 1.82) is 0 Å². The zero-order valence-electron chi connectivity index (χ0n) is 10.6. The lowest BCUT2D eigenvalue weighted by molar-refractivity contribution is 0.828. The summed E-state index contributed by atoms with van der Waals surface area (Å²) >= 11 is 0. The smallest absolute Gasteiger partial charge is 0.195 e. The molecular weight excluding hydrogens is 198 g/mol. The van der Waals surface area contributed by atoms with E-state index in [1.54, 1.807) is 0 Å². The van der Waals surface area contributed by atoms with Gasteiger partial charge in [0.05, 0.1) is 0 Å². The van der Waals surface area contributed by atoms with Crippen molar-refractivity contribution in [1.82, 2.24) is 0 Å². The van der Waals surface area contributed by atoms with Crippen molar-refractivity contribution in [2.24, 2.45) is 10.7 Å². The Kier molecular flexibility index (Phi) is 4.35. The second kappa shape index (κ2) is 5.54. The highest BCUT2D eigenvalue weighted by Gasteiger charge is 2.05. The number of aliphatic imine (C=N–C) groups is 1. The molecule has 16 heavy (non-hydrogen) atoms. The van der Waals surface area contributed by atoms with Gasteiger partial charge < -0.3 is 10.6 Å². The molecule has 1 aromatic rings. The van der Waals surface area contributed by atoms with Gasteiger partial charge in [-0.1, -0.05) is 19.1 Å². The van der Waals surface area contributed by atoms with E-state index in [-0.39, 0.29) is 6.04 Å². The van der Waals surface area contributed by atoms with Gasteiger partial charge >= 0.3 is 0 Å². The van der Waals surface area contributed by atoms with Crippen LogP contribution in [0, 0.1) is 0 Å². The van der Waals surface area contributed by atoms with E-state index in [0.717, 1.165) is 12.1 Å². The third kappa shape index (κ3) is 3.26. The fraction of sp³-hybridized carbons (Fsp3) is 0.462. The highest BCUT2D eigenvalue weighted by atomic mass is 15.2. The molecule has 0 heterocycles. The predicted molar refractivity (Wildman–Crippen MR) is 71.0 cm³/mol. The Bertz CT molecular complexity index is 352. The van der Waals surface area contributed by atoms with E-state index in [9.17, 15) is 0 Å². The van der Waals surface area contributed by atoms with E-state index in [4.69, 9.17) is 5.73 Å². The van der Waals surface area contributed by atoms with Crippen LogP contribution in [0.15, 0.2) is 29.3 Å². The van der Waals surface area contributed by atoms with E-state index in [0.29, 0.717) is 5.96 Å². The standard InChI is InChI=1S/C13H21N3/c1-5-11-6-8-12(9-7-11)16(4)13(14)15-10(2)3/h6-10H,5H2,1-4H3,(H2,14,15). The summed E-state index contributed by atoms with van der Waals surface area (Å²) in [5.74, 6) is 0.555. The summed E-state index contributed by atoms with van der Waals surface area (Å²) in [4.78, 5) is 6.22. The molecule has 0 aliphatic rings. The minimum absolute atomic E-state index is 0.220. The van der Waals surface area contributed by atoms with Crippen molar-refractivity contribution in [3.8, 4) is 0 Å². The molecule has 2 N–H and O–H groups in total. The maximum atomic E-state index is 5.90. The van der Waals surface area contributed by atoms with Gasteiger partial charge in [0.1, 0.15) is 0 Å². The largest absolute Gasteiger partial charge is 0.370 e.